The first-order valence-corrected chi connectivity index (χ1v) is 5.36. The maximum atomic E-state index is 10.8. The van der Waals surface area contributed by atoms with Gasteiger partial charge in [-0.05, 0) is 6.92 Å². The van der Waals surface area contributed by atoms with Gasteiger partial charge in [0.05, 0.1) is 0 Å². The molecule has 0 rings (SSSR count). The van der Waals surface area contributed by atoms with Crippen molar-refractivity contribution in [2.45, 2.75) is 13.8 Å². The third-order valence-corrected chi connectivity index (χ3v) is 2.23. The first kappa shape index (κ1) is 10.6. The van der Waals surface area contributed by atoms with Gasteiger partial charge < -0.3 is 4.90 Å². The Balaban J connectivity index is 3.70. The van der Waals surface area contributed by atoms with Crippen LogP contribution in [0.2, 0.25) is 0 Å². The van der Waals surface area contributed by atoms with Crippen LogP contribution in [0.3, 0.4) is 0 Å². The van der Waals surface area contributed by atoms with E-state index in [1.54, 1.807) is 11.2 Å². The van der Waals surface area contributed by atoms with E-state index >= 15 is 0 Å². The molecular weight excluding hydrogens is 162 g/mol. The fourth-order valence-electron chi connectivity index (χ4n) is 0.777. The number of nitrogens with zero attached hydrogens (tertiary/aromatic N) is 1. The summed E-state index contributed by atoms with van der Waals surface area (Å²) in [6, 6.07) is 0. The Hall–Kier alpha value is -0.380. The standard InChI is InChI=1S/C7H15NO2S/c1-4-8(7(2)9)5-6-11(3)10/h4-6H2,1-3H3. The van der Waals surface area contributed by atoms with Gasteiger partial charge in [-0.1, -0.05) is 0 Å². The molecule has 0 aromatic heterocycles. The van der Waals surface area contributed by atoms with E-state index in [4.69, 9.17) is 0 Å². The highest BCUT2D eigenvalue weighted by Crippen LogP contribution is 1.89. The summed E-state index contributed by atoms with van der Waals surface area (Å²) in [5, 5.41) is 0. The predicted octanol–water partition coefficient (Wildman–Crippen LogP) is 0.233. The fraction of sp³-hybridized carbons (Fsp3) is 0.857. The minimum absolute atomic E-state index is 0.0537. The molecule has 0 saturated heterocycles. The molecule has 0 aromatic rings. The third-order valence-electron chi connectivity index (χ3n) is 1.48. The Labute approximate surface area is 70.2 Å². The first-order valence-electron chi connectivity index (χ1n) is 3.63. The molecule has 0 aromatic carbocycles. The van der Waals surface area contributed by atoms with E-state index < -0.39 is 10.8 Å². The topological polar surface area (TPSA) is 37.4 Å². The summed E-state index contributed by atoms with van der Waals surface area (Å²) >= 11 is 0. The molecule has 0 saturated carbocycles. The lowest BCUT2D eigenvalue weighted by Gasteiger charge is -2.17. The van der Waals surface area contributed by atoms with Crippen LogP contribution in [-0.4, -0.2) is 40.1 Å². The van der Waals surface area contributed by atoms with Crippen molar-refractivity contribution in [1.29, 1.82) is 0 Å². The third kappa shape index (κ3) is 4.95. The van der Waals surface area contributed by atoms with Crippen LogP contribution in [0.5, 0.6) is 0 Å². The van der Waals surface area contributed by atoms with Crippen molar-refractivity contribution in [3.63, 3.8) is 0 Å². The number of carbonyl (C=O) groups excluding carboxylic acids is 1. The summed E-state index contributed by atoms with van der Waals surface area (Å²) in [6.45, 7) is 4.75. The first-order chi connectivity index (χ1) is 5.07. The van der Waals surface area contributed by atoms with Crippen molar-refractivity contribution in [3.8, 4) is 0 Å². The SMILES string of the molecule is CCN(CCS(C)=O)C(C)=O. The van der Waals surface area contributed by atoms with Gasteiger partial charge in [0.2, 0.25) is 5.91 Å². The van der Waals surface area contributed by atoms with Crippen molar-refractivity contribution < 1.29 is 9.00 Å². The number of carbonyl (C=O) groups is 1. The molecule has 0 N–H and O–H groups in total. The van der Waals surface area contributed by atoms with Gasteiger partial charge in [-0.25, -0.2) is 0 Å². The molecule has 11 heavy (non-hydrogen) atoms. The second kappa shape index (κ2) is 5.29. The van der Waals surface area contributed by atoms with E-state index in [0.717, 1.165) is 0 Å². The zero-order valence-electron chi connectivity index (χ0n) is 7.29. The maximum absolute atomic E-state index is 10.8. The molecule has 4 heteroatoms. The van der Waals surface area contributed by atoms with Gasteiger partial charge in [-0.2, -0.15) is 0 Å². The highest BCUT2D eigenvalue weighted by Gasteiger charge is 2.05. The molecule has 0 aliphatic carbocycles. The molecule has 3 nitrogen and oxygen atoms in total. The number of rotatable bonds is 4. The van der Waals surface area contributed by atoms with Gasteiger partial charge in [0.1, 0.15) is 0 Å². The predicted molar refractivity (Wildman–Crippen MR) is 46.9 cm³/mol. The molecule has 0 aliphatic rings. The smallest absolute Gasteiger partial charge is 0.219 e. The van der Waals surface area contributed by atoms with Gasteiger partial charge in [0.25, 0.3) is 0 Å². The van der Waals surface area contributed by atoms with Crippen LogP contribution in [0.1, 0.15) is 13.8 Å². The Morgan fingerprint density at radius 3 is 2.36 bits per heavy atom. The Kier molecular flexibility index (Phi) is 5.11. The quantitative estimate of drug-likeness (QED) is 0.616. The summed E-state index contributed by atoms with van der Waals surface area (Å²) < 4.78 is 10.7. The fourth-order valence-corrected chi connectivity index (χ4v) is 1.25. The van der Waals surface area contributed by atoms with Crippen LogP contribution >= 0.6 is 0 Å². The Bertz CT molecular complexity index is 159. The zero-order valence-corrected chi connectivity index (χ0v) is 8.11. The van der Waals surface area contributed by atoms with Gasteiger partial charge in [-0.3, -0.25) is 9.00 Å². The lowest BCUT2D eigenvalue weighted by molar-refractivity contribution is -0.128. The van der Waals surface area contributed by atoms with Crippen LogP contribution in [0.15, 0.2) is 0 Å². The molecule has 0 radical (unpaired) electrons. The lowest BCUT2D eigenvalue weighted by Crippen LogP contribution is -2.31. The highest BCUT2D eigenvalue weighted by atomic mass is 32.2. The highest BCUT2D eigenvalue weighted by molar-refractivity contribution is 7.84. The summed E-state index contributed by atoms with van der Waals surface area (Å²) in [5.41, 5.74) is 0. The molecule has 0 bridgehead atoms. The average molecular weight is 177 g/mol. The molecule has 0 heterocycles. The number of amides is 1. The van der Waals surface area contributed by atoms with Crippen LogP contribution < -0.4 is 0 Å². The van der Waals surface area contributed by atoms with Crippen LogP contribution in [0.25, 0.3) is 0 Å². The second-order valence-corrected chi connectivity index (χ2v) is 3.93. The maximum Gasteiger partial charge on any atom is 0.219 e. The largest absolute Gasteiger partial charge is 0.342 e. The molecule has 0 fully saturated rings. The van der Waals surface area contributed by atoms with E-state index in [9.17, 15) is 9.00 Å². The molecule has 1 atom stereocenters. The van der Waals surface area contributed by atoms with E-state index in [2.05, 4.69) is 0 Å². The minimum atomic E-state index is -0.798. The molecule has 0 aliphatic heterocycles. The van der Waals surface area contributed by atoms with Gasteiger partial charge in [0, 0.05) is 42.8 Å². The van der Waals surface area contributed by atoms with Crippen LogP contribution in [0.4, 0.5) is 0 Å². The minimum Gasteiger partial charge on any atom is -0.342 e. The van der Waals surface area contributed by atoms with Crippen molar-refractivity contribution in [2.24, 2.45) is 0 Å². The van der Waals surface area contributed by atoms with E-state index in [1.807, 2.05) is 6.92 Å². The Morgan fingerprint density at radius 2 is 2.09 bits per heavy atom. The summed E-state index contributed by atoms with van der Waals surface area (Å²) in [7, 11) is -0.798. The van der Waals surface area contributed by atoms with E-state index in [-0.39, 0.29) is 5.91 Å². The molecular formula is C7H15NO2S. The van der Waals surface area contributed by atoms with E-state index in [0.29, 0.717) is 18.8 Å². The van der Waals surface area contributed by atoms with Crippen LogP contribution in [0, 0.1) is 0 Å². The summed E-state index contributed by atoms with van der Waals surface area (Å²) in [5.74, 6) is 0.630. The van der Waals surface area contributed by atoms with Crippen molar-refractivity contribution in [3.05, 3.63) is 0 Å². The van der Waals surface area contributed by atoms with Crippen molar-refractivity contribution in [2.75, 3.05) is 25.1 Å². The normalized spacial score (nSPS) is 12.6. The second-order valence-electron chi connectivity index (χ2n) is 2.38. The Morgan fingerprint density at radius 1 is 1.55 bits per heavy atom. The van der Waals surface area contributed by atoms with Crippen LogP contribution in [-0.2, 0) is 15.6 Å². The zero-order chi connectivity index (χ0) is 8.85. The van der Waals surface area contributed by atoms with Gasteiger partial charge in [0.15, 0.2) is 0 Å². The molecule has 66 valence electrons. The average Bonchev–Trinajstić information content (AvgIpc) is 1.87. The molecule has 1 unspecified atom stereocenters. The monoisotopic (exact) mass is 177 g/mol. The van der Waals surface area contributed by atoms with E-state index in [1.165, 1.54) is 6.92 Å². The number of hydrogen-bond donors (Lipinski definition) is 0. The lowest BCUT2D eigenvalue weighted by atomic mass is 10.5. The van der Waals surface area contributed by atoms with Gasteiger partial charge >= 0.3 is 0 Å². The molecule has 0 spiro atoms. The van der Waals surface area contributed by atoms with Crippen molar-refractivity contribution in [1.82, 2.24) is 4.90 Å². The van der Waals surface area contributed by atoms with Gasteiger partial charge in [-0.15, -0.1) is 0 Å². The summed E-state index contributed by atoms with van der Waals surface area (Å²) in [6.07, 6.45) is 1.65. The number of hydrogen-bond acceptors (Lipinski definition) is 2. The van der Waals surface area contributed by atoms with Crippen molar-refractivity contribution >= 4 is 16.7 Å². The summed E-state index contributed by atoms with van der Waals surface area (Å²) in [4.78, 5) is 12.5. The molecule has 1 amide bonds.